The van der Waals surface area contributed by atoms with Crippen molar-refractivity contribution in [3.8, 4) is 0 Å². The first-order valence-electron chi connectivity index (χ1n) is 8.99. The molecule has 3 aromatic rings. The highest BCUT2D eigenvalue weighted by Crippen LogP contribution is 2.21. The predicted molar refractivity (Wildman–Crippen MR) is 104 cm³/mol. The number of ether oxygens (including phenoxy) is 1. The molecule has 1 saturated heterocycles. The SMILES string of the molecule is Fc1ccc(CNc2nc(Nc3cnccn3)cc(N3CCOCC3)n2)cc1. The van der Waals surface area contributed by atoms with Crippen LogP contribution in [0.1, 0.15) is 5.56 Å². The molecule has 3 heterocycles. The number of rotatable bonds is 6. The Labute approximate surface area is 161 Å². The van der Waals surface area contributed by atoms with Crippen molar-refractivity contribution in [2.24, 2.45) is 0 Å². The molecule has 0 atom stereocenters. The van der Waals surface area contributed by atoms with Gasteiger partial charge in [-0.1, -0.05) is 12.1 Å². The number of halogens is 1. The van der Waals surface area contributed by atoms with Crippen molar-refractivity contribution in [3.05, 3.63) is 60.3 Å². The van der Waals surface area contributed by atoms with Crippen molar-refractivity contribution >= 4 is 23.4 Å². The van der Waals surface area contributed by atoms with Crippen LogP contribution in [0, 0.1) is 5.82 Å². The van der Waals surface area contributed by atoms with E-state index in [4.69, 9.17) is 4.74 Å². The summed E-state index contributed by atoms with van der Waals surface area (Å²) in [4.78, 5) is 19.6. The second-order valence-corrected chi connectivity index (χ2v) is 6.23. The summed E-state index contributed by atoms with van der Waals surface area (Å²) in [7, 11) is 0. The van der Waals surface area contributed by atoms with E-state index >= 15 is 0 Å². The molecule has 8 nitrogen and oxygen atoms in total. The molecule has 0 aliphatic carbocycles. The smallest absolute Gasteiger partial charge is 0.226 e. The van der Waals surface area contributed by atoms with Gasteiger partial charge in [0.1, 0.15) is 23.3 Å². The van der Waals surface area contributed by atoms with E-state index in [9.17, 15) is 4.39 Å². The number of morpholine rings is 1. The lowest BCUT2D eigenvalue weighted by Gasteiger charge is -2.28. The van der Waals surface area contributed by atoms with Gasteiger partial charge in [0.15, 0.2) is 0 Å². The monoisotopic (exact) mass is 381 g/mol. The van der Waals surface area contributed by atoms with Gasteiger partial charge in [-0.15, -0.1) is 0 Å². The minimum atomic E-state index is -0.259. The van der Waals surface area contributed by atoms with Crippen LogP contribution in [-0.2, 0) is 11.3 Å². The van der Waals surface area contributed by atoms with E-state index in [2.05, 4.69) is 35.5 Å². The Morgan fingerprint density at radius 2 is 1.86 bits per heavy atom. The van der Waals surface area contributed by atoms with E-state index in [-0.39, 0.29) is 5.82 Å². The minimum absolute atomic E-state index is 0.259. The first kappa shape index (κ1) is 18.1. The lowest BCUT2D eigenvalue weighted by atomic mass is 10.2. The van der Waals surface area contributed by atoms with Crippen LogP contribution in [0.3, 0.4) is 0 Å². The fourth-order valence-electron chi connectivity index (χ4n) is 2.81. The summed E-state index contributed by atoms with van der Waals surface area (Å²) >= 11 is 0. The maximum atomic E-state index is 13.1. The summed E-state index contributed by atoms with van der Waals surface area (Å²) in [5.74, 6) is 2.22. The topological polar surface area (TPSA) is 88.1 Å². The van der Waals surface area contributed by atoms with E-state index in [1.165, 1.54) is 12.1 Å². The molecular weight excluding hydrogens is 361 g/mol. The van der Waals surface area contributed by atoms with Crippen LogP contribution in [0.25, 0.3) is 0 Å². The normalized spacial score (nSPS) is 14.0. The number of nitrogens with zero attached hydrogens (tertiary/aromatic N) is 5. The summed E-state index contributed by atoms with van der Waals surface area (Å²) in [6.07, 6.45) is 4.85. The zero-order valence-corrected chi connectivity index (χ0v) is 15.2. The van der Waals surface area contributed by atoms with Gasteiger partial charge in [0, 0.05) is 38.1 Å². The second kappa shape index (κ2) is 8.57. The molecule has 144 valence electrons. The molecule has 2 N–H and O–H groups in total. The number of hydrogen-bond donors (Lipinski definition) is 2. The van der Waals surface area contributed by atoms with E-state index in [0.717, 1.165) is 24.5 Å². The molecular formula is C19H20FN7O. The molecule has 4 rings (SSSR count). The van der Waals surface area contributed by atoms with Crippen LogP contribution >= 0.6 is 0 Å². The molecule has 0 amide bonds. The highest BCUT2D eigenvalue weighted by atomic mass is 19.1. The van der Waals surface area contributed by atoms with Crippen LogP contribution in [-0.4, -0.2) is 46.2 Å². The van der Waals surface area contributed by atoms with E-state index in [1.54, 1.807) is 30.7 Å². The highest BCUT2D eigenvalue weighted by molar-refractivity contribution is 5.59. The molecule has 1 aromatic carbocycles. The summed E-state index contributed by atoms with van der Waals surface area (Å²) in [6, 6.07) is 8.20. The maximum Gasteiger partial charge on any atom is 0.226 e. The fraction of sp³-hybridized carbons (Fsp3) is 0.263. The van der Waals surface area contributed by atoms with Gasteiger partial charge in [0.25, 0.3) is 0 Å². The van der Waals surface area contributed by atoms with Crippen molar-refractivity contribution in [3.63, 3.8) is 0 Å². The quantitative estimate of drug-likeness (QED) is 0.674. The zero-order valence-electron chi connectivity index (χ0n) is 15.2. The van der Waals surface area contributed by atoms with Crippen LogP contribution < -0.4 is 15.5 Å². The van der Waals surface area contributed by atoms with E-state index in [1.807, 2.05) is 6.07 Å². The summed E-state index contributed by atoms with van der Waals surface area (Å²) in [6.45, 7) is 3.33. The summed E-state index contributed by atoms with van der Waals surface area (Å²) in [5, 5.41) is 6.36. The zero-order chi connectivity index (χ0) is 19.2. The van der Waals surface area contributed by atoms with Crippen molar-refractivity contribution in [2.75, 3.05) is 41.8 Å². The van der Waals surface area contributed by atoms with Crippen molar-refractivity contribution < 1.29 is 9.13 Å². The van der Waals surface area contributed by atoms with E-state index < -0.39 is 0 Å². The number of hydrogen-bond acceptors (Lipinski definition) is 8. The van der Waals surface area contributed by atoms with Gasteiger partial charge in [0.2, 0.25) is 5.95 Å². The molecule has 0 unspecified atom stereocenters. The summed E-state index contributed by atoms with van der Waals surface area (Å²) < 4.78 is 18.5. The average Bonchev–Trinajstić information content (AvgIpc) is 2.75. The van der Waals surface area contributed by atoms with Crippen LogP contribution in [0.5, 0.6) is 0 Å². The first-order valence-corrected chi connectivity index (χ1v) is 8.99. The van der Waals surface area contributed by atoms with Gasteiger partial charge < -0.3 is 20.3 Å². The second-order valence-electron chi connectivity index (χ2n) is 6.23. The van der Waals surface area contributed by atoms with Crippen molar-refractivity contribution in [1.29, 1.82) is 0 Å². The highest BCUT2D eigenvalue weighted by Gasteiger charge is 2.15. The largest absolute Gasteiger partial charge is 0.378 e. The number of nitrogens with one attached hydrogen (secondary N) is 2. The third-order valence-corrected chi connectivity index (χ3v) is 4.23. The third-order valence-electron chi connectivity index (χ3n) is 4.23. The molecule has 0 saturated carbocycles. The van der Waals surface area contributed by atoms with Crippen LogP contribution in [0.4, 0.5) is 27.8 Å². The van der Waals surface area contributed by atoms with E-state index in [0.29, 0.717) is 37.3 Å². The van der Waals surface area contributed by atoms with Gasteiger partial charge in [-0.05, 0) is 17.7 Å². The van der Waals surface area contributed by atoms with Gasteiger partial charge in [-0.25, -0.2) is 9.37 Å². The van der Waals surface area contributed by atoms with Crippen molar-refractivity contribution in [1.82, 2.24) is 19.9 Å². The molecule has 1 fully saturated rings. The van der Waals surface area contributed by atoms with Crippen LogP contribution in [0.2, 0.25) is 0 Å². The molecule has 1 aliphatic heterocycles. The standard InChI is InChI=1S/C19H20FN7O/c20-15-3-1-14(2-4-15)12-23-19-25-16(24-17-13-21-5-6-22-17)11-18(26-19)27-7-9-28-10-8-27/h1-6,11,13H,7-10,12H2,(H2,22,23,24,25,26). The van der Waals surface area contributed by atoms with Gasteiger partial charge in [-0.2, -0.15) is 9.97 Å². The Balaban J connectivity index is 1.56. The number of aromatic nitrogens is 4. The van der Waals surface area contributed by atoms with Crippen molar-refractivity contribution in [2.45, 2.75) is 6.54 Å². The predicted octanol–water partition coefficient (Wildman–Crippen LogP) is 2.60. The molecule has 2 aromatic heterocycles. The maximum absolute atomic E-state index is 13.1. The van der Waals surface area contributed by atoms with Gasteiger partial charge >= 0.3 is 0 Å². The Kier molecular flexibility index (Phi) is 5.53. The summed E-state index contributed by atoms with van der Waals surface area (Å²) in [5.41, 5.74) is 0.935. The lowest BCUT2D eigenvalue weighted by Crippen LogP contribution is -2.37. The average molecular weight is 381 g/mol. The van der Waals surface area contributed by atoms with Gasteiger partial charge in [-0.3, -0.25) is 4.98 Å². The molecule has 0 radical (unpaired) electrons. The first-order chi connectivity index (χ1) is 13.8. The minimum Gasteiger partial charge on any atom is -0.378 e. The molecule has 28 heavy (non-hydrogen) atoms. The third kappa shape index (κ3) is 4.68. The fourth-order valence-corrected chi connectivity index (χ4v) is 2.81. The van der Waals surface area contributed by atoms with Crippen LogP contribution in [0.15, 0.2) is 48.9 Å². The molecule has 0 spiro atoms. The van der Waals surface area contributed by atoms with Gasteiger partial charge in [0.05, 0.1) is 19.4 Å². The Bertz CT molecular complexity index is 902. The Morgan fingerprint density at radius 3 is 2.61 bits per heavy atom. The molecule has 9 heteroatoms. The lowest BCUT2D eigenvalue weighted by molar-refractivity contribution is 0.122. The molecule has 1 aliphatic rings. The Hall–Kier alpha value is -3.33. The number of anilines is 4. The molecule has 0 bridgehead atoms. The number of benzene rings is 1. The Morgan fingerprint density at radius 1 is 1.04 bits per heavy atom.